The zero-order chi connectivity index (χ0) is 15.2. The van der Waals surface area contributed by atoms with Gasteiger partial charge in [-0.2, -0.15) is 0 Å². The molecular weight excluding hydrogens is 262 g/mol. The van der Waals surface area contributed by atoms with Crippen molar-refractivity contribution in [2.24, 2.45) is 11.8 Å². The molecule has 3 atom stereocenters. The van der Waals surface area contributed by atoms with Crippen LogP contribution >= 0.6 is 0 Å². The van der Waals surface area contributed by atoms with Crippen LogP contribution in [0.15, 0.2) is 18.2 Å². The summed E-state index contributed by atoms with van der Waals surface area (Å²) in [5.74, 6) is 3.40. The lowest BCUT2D eigenvalue weighted by molar-refractivity contribution is 0.321. The highest BCUT2D eigenvalue weighted by molar-refractivity contribution is 5.47. The van der Waals surface area contributed by atoms with E-state index in [9.17, 15) is 0 Å². The van der Waals surface area contributed by atoms with Gasteiger partial charge in [-0.15, -0.1) is 0 Å². The standard InChI is InChI=1S/C18H29NO2/c1-5-13-10-11-14(12-13)18(19-6-2)17-15(20-3)8-7-9-16(17)21-4/h7-9,13-14,18-19H,5-6,10-12H2,1-4H3. The largest absolute Gasteiger partial charge is 0.496 e. The van der Waals surface area contributed by atoms with E-state index in [-0.39, 0.29) is 0 Å². The van der Waals surface area contributed by atoms with Gasteiger partial charge in [0.15, 0.2) is 0 Å². The Balaban J connectivity index is 2.34. The minimum Gasteiger partial charge on any atom is -0.496 e. The van der Waals surface area contributed by atoms with Gasteiger partial charge in [-0.05, 0) is 43.4 Å². The van der Waals surface area contributed by atoms with Crippen molar-refractivity contribution in [2.75, 3.05) is 20.8 Å². The van der Waals surface area contributed by atoms with Crippen molar-refractivity contribution in [3.63, 3.8) is 0 Å². The molecule has 1 aliphatic carbocycles. The second-order valence-electron chi connectivity index (χ2n) is 5.96. The maximum absolute atomic E-state index is 5.61. The first kappa shape index (κ1) is 16.2. The maximum Gasteiger partial charge on any atom is 0.127 e. The molecule has 1 fully saturated rings. The molecule has 3 heteroatoms. The molecule has 0 aliphatic heterocycles. The molecule has 21 heavy (non-hydrogen) atoms. The molecule has 118 valence electrons. The van der Waals surface area contributed by atoms with E-state index >= 15 is 0 Å². The van der Waals surface area contributed by atoms with Crippen molar-refractivity contribution >= 4 is 0 Å². The molecule has 2 rings (SSSR count). The van der Waals surface area contributed by atoms with Crippen LogP contribution in [0.25, 0.3) is 0 Å². The molecule has 1 aliphatic rings. The van der Waals surface area contributed by atoms with Crippen molar-refractivity contribution in [1.82, 2.24) is 5.32 Å². The Morgan fingerprint density at radius 1 is 1.14 bits per heavy atom. The van der Waals surface area contributed by atoms with E-state index in [1.54, 1.807) is 14.2 Å². The lowest BCUT2D eigenvalue weighted by Crippen LogP contribution is -2.28. The van der Waals surface area contributed by atoms with Crippen LogP contribution in [0.1, 0.15) is 51.1 Å². The van der Waals surface area contributed by atoms with Gasteiger partial charge < -0.3 is 14.8 Å². The summed E-state index contributed by atoms with van der Waals surface area (Å²) in [6.45, 7) is 5.43. The number of nitrogens with one attached hydrogen (secondary N) is 1. The third-order valence-corrected chi connectivity index (χ3v) is 4.83. The fourth-order valence-corrected chi connectivity index (χ4v) is 3.70. The lowest BCUT2D eigenvalue weighted by Gasteiger charge is -2.28. The van der Waals surface area contributed by atoms with Crippen molar-refractivity contribution < 1.29 is 9.47 Å². The highest BCUT2D eigenvalue weighted by Crippen LogP contribution is 2.45. The zero-order valence-electron chi connectivity index (χ0n) is 13.8. The third-order valence-electron chi connectivity index (χ3n) is 4.83. The summed E-state index contributed by atoms with van der Waals surface area (Å²) in [6.07, 6.45) is 5.23. The summed E-state index contributed by atoms with van der Waals surface area (Å²) in [5, 5.41) is 3.67. The van der Waals surface area contributed by atoms with Crippen LogP contribution in [0.2, 0.25) is 0 Å². The molecule has 0 amide bonds. The quantitative estimate of drug-likeness (QED) is 0.817. The third kappa shape index (κ3) is 3.52. The number of rotatable bonds is 7. The summed E-state index contributed by atoms with van der Waals surface area (Å²) >= 11 is 0. The summed E-state index contributed by atoms with van der Waals surface area (Å²) in [6, 6.07) is 6.38. The van der Waals surface area contributed by atoms with Crippen LogP contribution < -0.4 is 14.8 Å². The van der Waals surface area contributed by atoms with E-state index in [2.05, 4.69) is 19.2 Å². The van der Waals surface area contributed by atoms with Gasteiger partial charge in [0, 0.05) is 6.04 Å². The number of ether oxygens (including phenoxy) is 2. The first-order chi connectivity index (χ1) is 10.2. The van der Waals surface area contributed by atoms with Crippen molar-refractivity contribution in [2.45, 2.75) is 45.6 Å². The van der Waals surface area contributed by atoms with Gasteiger partial charge in [0.1, 0.15) is 11.5 Å². The Labute approximate surface area is 129 Å². The first-order valence-corrected chi connectivity index (χ1v) is 8.19. The number of methoxy groups -OCH3 is 2. The van der Waals surface area contributed by atoms with E-state index in [1.807, 2.05) is 18.2 Å². The normalized spacial score (nSPS) is 23.0. The van der Waals surface area contributed by atoms with E-state index in [0.717, 1.165) is 24.0 Å². The average molecular weight is 291 g/mol. The zero-order valence-corrected chi connectivity index (χ0v) is 13.8. The Bertz CT molecular complexity index is 425. The Morgan fingerprint density at radius 2 is 1.81 bits per heavy atom. The predicted molar refractivity (Wildman–Crippen MR) is 87.1 cm³/mol. The highest BCUT2D eigenvalue weighted by Gasteiger charge is 2.33. The molecule has 3 nitrogen and oxygen atoms in total. The van der Waals surface area contributed by atoms with Gasteiger partial charge in [-0.25, -0.2) is 0 Å². The average Bonchev–Trinajstić information content (AvgIpc) is 3.00. The molecule has 0 spiro atoms. The van der Waals surface area contributed by atoms with Crippen molar-refractivity contribution in [3.8, 4) is 11.5 Å². The molecule has 1 aromatic carbocycles. The van der Waals surface area contributed by atoms with Gasteiger partial charge in [-0.1, -0.05) is 32.8 Å². The summed E-state index contributed by atoms with van der Waals surface area (Å²) in [5.41, 5.74) is 1.19. The maximum atomic E-state index is 5.61. The van der Waals surface area contributed by atoms with E-state index in [4.69, 9.17) is 9.47 Å². The molecule has 3 unspecified atom stereocenters. The van der Waals surface area contributed by atoms with Gasteiger partial charge >= 0.3 is 0 Å². The smallest absolute Gasteiger partial charge is 0.127 e. The Morgan fingerprint density at radius 3 is 2.29 bits per heavy atom. The molecule has 0 heterocycles. The molecular formula is C18H29NO2. The van der Waals surface area contributed by atoms with Crippen LogP contribution in [0.4, 0.5) is 0 Å². The molecule has 1 N–H and O–H groups in total. The van der Waals surface area contributed by atoms with Crippen molar-refractivity contribution in [3.05, 3.63) is 23.8 Å². The van der Waals surface area contributed by atoms with Gasteiger partial charge in [-0.3, -0.25) is 0 Å². The van der Waals surface area contributed by atoms with Crippen LogP contribution in [0, 0.1) is 11.8 Å². The van der Waals surface area contributed by atoms with Gasteiger partial charge in [0.05, 0.1) is 19.8 Å². The van der Waals surface area contributed by atoms with Crippen LogP contribution in [-0.4, -0.2) is 20.8 Å². The van der Waals surface area contributed by atoms with E-state index in [1.165, 1.54) is 31.2 Å². The topological polar surface area (TPSA) is 30.5 Å². The summed E-state index contributed by atoms with van der Waals surface area (Å²) in [4.78, 5) is 0. The molecule has 1 aromatic rings. The number of hydrogen-bond acceptors (Lipinski definition) is 3. The van der Waals surface area contributed by atoms with Crippen LogP contribution in [0.3, 0.4) is 0 Å². The fourth-order valence-electron chi connectivity index (χ4n) is 3.70. The molecule has 0 aromatic heterocycles. The SMILES string of the molecule is CCNC(c1c(OC)cccc1OC)C1CCC(CC)C1. The van der Waals surface area contributed by atoms with Crippen molar-refractivity contribution in [1.29, 1.82) is 0 Å². The number of hydrogen-bond donors (Lipinski definition) is 1. The lowest BCUT2D eigenvalue weighted by atomic mass is 9.89. The molecule has 1 saturated carbocycles. The van der Waals surface area contributed by atoms with Crippen LogP contribution in [-0.2, 0) is 0 Å². The second-order valence-corrected chi connectivity index (χ2v) is 5.96. The summed E-state index contributed by atoms with van der Waals surface area (Å²) in [7, 11) is 3.48. The highest BCUT2D eigenvalue weighted by atomic mass is 16.5. The van der Waals surface area contributed by atoms with Gasteiger partial charge in [0.2, 0.25) is 0 Å². The second kappa shape index (κ2) is 7.69. The first-order valence-electron chi connectivity index (χ1n) is 8.19. The Hall–Kier alpha value is -1.22. The molecule has 0 saturated heterocycles. The minimum absolute atomic E-state index is 0.317. The number of benzene rings is 1. The van der Waals surface area contributed by atoms with Crippen LogP contribution in [0.5, 0.6) is 11.5 Å². The predicted octanol–water partition coefficient (Wildman–Crippen LogP) is 4.18. The van der Waals surface area contributed by atoms with E-state index < -0.39 is 0 Å². The minimum atomic E-state index is 0.317. The monoisotopic (exact) mass is 291 g/mol. The fraction of sp³-hybridized carbons (Fsp3) is 0.667. The van der Waals surface area contributed by atoms with E-state index in [0.29, 0.717) is 12.0 Å². The van der Waals surface area contributed by atoms with Gasteiger partial charge in [0.25, 0.3) is 0 Å². The molecule has 0 bridgehead atoms. The molecule has 0 radical (unpaired) electrons. The summed E-state index contributed by atoms with van der Waals surface area (Å²) < 4.78 is 11.2. The Kier molecular flexibility index (Phi) is 5.92.